The van der Waals surface area contributed by atoms with Crippen molar-refractivity contribution in [2.45, 2.75) is 0 Å². The van der Waals surface area contributed by atoms with Gasteiger partial charge in [0.15, 0.2) is 0 Å². The third-order valence-electron chi connectivity index (χ3n) is 0. The fourth-order valence-electron chi connectivity index (χ4n) is 0. The maximum absolute atomic E-state index is 5.01. The zero-order chi connectivity index (χ0) is 4.50. The molecular weight excluding hydrogens is 610 g/mol. The molecule has 2 radical (unpaired) electrons. The Morgan fingerprint density at radius 2 is 0.750 bits per heavy atom. The molecule has 0 aliphatic heterocycles. The molecule has 0 aromatic heterocycles. The van der Waals surface area contributed by atoms with Gasteiger partial charge in [-0.25, -0.2) is 0 Å². The maximum Gasteiger partial charge on any atom is 0 e. The van der Waals surface area contributed by atoms with Crippen LogP contribution < -0.4 is 0 Å². The van der Waals surface area contributed by atoms with Gasteiger partial charge in [0.25, 0.3) is 0 Å². The van der Waals surface area contributed by atoms with Gasteiger partial charge in [-0.15, -0.1) is 0 Å². The van der Waals surface area contributed by atoms with Crippen molar-refractivity contribution in [1.29, 1.82) is 0 Å². The smallest absolute Gasteiger partial charge is 0 e. The van der Waals surface area contributed by atoms with Crippen LogP contribution >= 0.6 is 37.7 Å². The summed E-state index contributed by atoms with van der Waals surface area (Å²) in [5.74, 6) is 0. The van der Waals surface area contributed by atoms with Crippen LogP contribution in [0.4, 0.5) is 0 Å². The Balaban J connectivity index is -0.0000000267. The van der Waals surface area contributed by atoms with Gasteiger partial charge in [0, 0.05) is 124 Å². The Bertz CT molecular complexity index is 27.5. The van der Waals surface area contributed by atoms with E-state index in [2.05, 4.69) is 0 Å². The molecule has 0 aliphatic rings. The van der Waals surface area contributed by atoms with Gasteiger partial charge in [-0.05, 0) is 0 Å². The molecular formula is Cl4K2Pt2. The average molecular weight is 610 g/mol. The van der Waals surface area contributed by atoms with Crippen molar-refractivity contribution in [1.82, 2.24) is 0 Å². The van der Waals surface area contributed by atoms with Crippen molar-refractivity contribution in [3.05, 3.63) is 0 Å². The summed E-state index contributed by atoms with van der Waals surface area (Å²) < 4.78 is 0. The van der Waals surface area contributed by atoms with Gasteiger partial charge >= 0.3 is 49.6 Å². The molecule has 0 atom stereocenters. The molecule has 0 rings (SSSR count). The van der Waals surface area contributed by atoms with Gasteiger partial charge in [0.1, 0.15) is 0 Å². The van der Waals surface area contributed by atoms with Crippen molar-refractivity contribution in [3.8, 4) is 0 Å². The molecule has 0 aromatic rings. The predicted molar refractivity (Wildman–Crippen MR) is 34.9 cm³/mol. The fraction of sp³-hybridized carbons (Fsp3) is 0. The van der Waals surface area contributed by atoms with Crippen molar-refractivity contribution in [2.24, 2.45) is 0 Å². The van der Waals surface area contributed by atoms with E-state index < -0.39 is 11.9 Å². The normalized spacial score (nSPS) is 9.50. The maximum atomic E-state index is 5.01. The second-order valence-electron chi connectivity index (χ2n) is 0.271. The van der Waals surface area contributed by atoms with E-state index in [0.717, 1.165) is 0 Å². The van der Waals surface area contributed by atoms with Crippen LogP contribution in [0.25, 0.3) is 0 Å². The first-order chi connectivity index (χ1) is 2.00. The second kappa shape index (κ2) is 12.8. The summed E-state index contributed by atoms with van der Waals surface area (Å²) in [6.07, 6.45) is 0. The topological polar surface area (TPSA) is 0 Å². The Hall–Kier alpha value is 5.81. The Kier molecular flexibility index (Phi) is 37.7. The van der Waals surface area contributed by atoms with Gasteiger partial charge in [-0.1, -0.05) is 0 Å². The van der Waals surface area contributed by atoms with Gasteiger partial charge in [-0.2, -0.15) is 0 Å². The summed E-state index contributed by atoms with van der Waals surface area (Å²) >= 11 is -3.06. The molecule has 50 valence electrons. The average Bonchev–Trinajstić information content (AvgIpc) is 0.722. The van der Waals surface area contributed by atoms with Crippen molar-refractivity contribution in [3.63, 3.8) is 0 Å². The third kappa shape index (κ3) is 40.9. The molecule has 0 heterocycles. The summed E-state index contributed by atoms with van der Waals surface area (Å²) in [6, 6.07) is 0. The molecule has 0 unspecified atom stereocenters. The van der Waals surface area contributed by atoms with Crippen molar-refractivity contribution in [2.75, 3.05) is 0 Å². The minimum atomic E-state index is -3.06. The quantitative estimate of drug-likeness (QED) is 0.369. The molecule has 0 bridgehead atoms. The molecule has 0 spiro atoms. The molecule has 0 saturated carbocycles. The van der Waals surface area contributed by atoms with E-state index in [0.29, 0.717) is 0 Å². The number of rotatable bonds is 0. The summed E-state index contributed by atoms with van der Waals surface area (Å²) in [5.41, 5.74) is 0. The van der Waals surface area contributed by atoms with E-state index in [-0.39, 0.29) is 124 Å². The van der Waals surface area contributed by atoms with Crippen LogP contribution in [-0.4, -0.2) is 103 Å². The Labute approximate surface area is 167 Å². The largest absolute Gasteiger partial charge is 0 e. The van der Waals surface area contributed by atoms with Crippen LogP contribution in [0.5, 0.6) is 0 Å². The minimum absolute atomic E-state index is 0. The van der Waals surface area contributed by atoms with Crippen LogP contribution in [0.15, 0.2) is 0 Å². The predicted octanol–water partition coefficient (Wildman–Crippen LogP) is 1.99. The van der Waals surface area contributed by atoms with Crippen LogP contribution in [0.1, 0.15) is 0 Å². The van der Waals surface area contributed by atoms with Gasteiger partial charge in [-0.3, -0.25) is 0 Å². The fourth-order valence-corrected chi connectivity index (χ4v) is 0. The molecule has 0 nitrogen and oxygen atoms in total. The van der Waals surface area contributed by atoms with Gasteiger partial charge < -0.3 is 0 Å². The zero-order valence-corrected chi connectivity index (χ0v) is 18.0. The molecule has 0 fully saturated rings. The molecule has 0 aromatic carbocycles. The second-order valence-corrected chi connectivity index (χ2v) is 20.0. The van der Waals surface area contributed by atoms with Crippen molar-refractivity contribution < 1.29 is 33.0 Å². The van der Waals surface area contributed by atoms with E-state index in [1.165, 1.54) is 0 Å². The number of hydrogen-bond acceptors (Lipinski definition) is 0. The van der Waals surface area contributed by atoms with Gasteiger partial charge in [0.05, 0.1) is 0 Å². The minimum Gasteiger partial charge on any atom is 0 e. The third-order valence-corrected chi connectivity index (χ3v) is 0. The first-order valence-corrected chi connectivity index (χ1v) is 11.7. The number of hydrogen-bond donors (Lipinski definition) is 0. The molecule has 0 aliphatic carbocycles. The summed E-state index contributed by atoms with van der Waals surface area (Å²) in [5, 5.41) is 0. The summed E-state index contributed by atoms with van der Waals surface area (Å²) in [6.45, 7) is 0. The monoisotopic (exact) mass is 608 g/mol. The zero-order valence-electron chi connectivity index (χ0n) is 4.14. The van der Waals surface area contributed by atoms with Crippen LogP contribution in [0.3, 0.4) is 0 Å². The van der Waals surface area contributed by atoms with E-state index >= 15 is 0 Å². The summed E-state index contributed by atoms with van der Waals surface area (Å²) in [7, 11) is 20.0. The molecule has 8 heavy (non-hydrogen) atoms. The standard InChI is InChI=1S/4ClH.2K.2Pt/h4*1H;;;;/q;;;;;;;+4/p-4. The molecule has 8 heteroatoms. The van der Waals surface area contributed by atoms with Crippen molar-refractivity contribution >= 4 is 140 Å². The van der Waals surface area contributed by atoms with E-state index in [1.807, 2.05) is 0 Å². The molecule has 0 amide bonds. The van der Waals surface area contributed by atoms with Crippen LogP contribution in [0.2, 0.25) is 0 Å². The van der Waals surface area contributed by atoms with Crippen LogP contribution in [0, 0.1) is 0 Å². The van der Waals surface area contributed by atoms with Gasteiger partial charge in [0.2, 0.25) is 0 Å². The number of halogens is 4. The SMILES string of the molecule is [Cl][Pt]([Cl])([Cl])[Cl].[K].[K].[Pt]. The first kappa shape index (κ1) is 23.5. The van der Waals surface area contributed by atoms with Crippen LogP contribution in [-0.2, 0) is 33.0 Å². The van der Waals surface area contributed by atoms with E-state index in [4.69, 9.17) is 37.7 Å². The Morgan fingerprint density at radius 3 is 0.750 bits per heavy atom. The molecule has 0 saturated heterocycles. The Morgan fingerprint density at radius 1 is 0.750 bits per heavy atom. The van der Waals surface area contributed by atoms with E-state index in [1.54, 1.807) is 0 Å². The molecule has 0 N–H and O–H groups in total. The van der Waals surface area contributed by atoms with E-state index in [9.17, 15) is 0 Å². The first-order valence-electron chi connectivity index (χ1n) is 0.478. The summed E-state index contributed by atoms with van der Waals surface area (Å²) in [4.78, 5) is 0.